The number of benzene rings is 2. The summed E-state index contributed by atoms with van der Waals surface area (Å²) in [5.41, 5.74) is 4.19. The van der Waals surface area contributed by atoms with E-state index in [4.69, 9.17) is 4.52 Å². The first-order valence-corrected chi connectivity index (χ1v) is 11.6. The molecule has 1 N–H and O–H groups in total. The van der Waals surface area contributed by atoms with E-state index in [1.54, 1.807) is 19.1 Å². The molecule has 0 aliphatic carbocycles. The summed E-state index contributed by atoms with van der Waals surface area (Å²) in [6.07, 6.45) is 1.08. The van der Waals surface area contributed by atoms with Crippen molar-refractivity contribution in [2.45, 2.75) is 40.3 Å². The molecule has 8 nitrogen and oxygen atoms in total. The molecule has 1 amide bonds. The van der Waals surface area contributed by atoms with E-state index in [1.165, 1.54) is 0 Å². The number of carbonyl (C=O) groups excluding carboxylic acids is 1. The van der Waals surface area contributed by atoms with Gasteiger partial charge in [-0.3, -0.25) is 9.10 Å². The molecular formula is C22H26N4O4S. The molecule has 1 atom stereocenters. The van der Waals surface area contributed by atoms with Crippen LogP contribution in [0.25, 0.3) is 11.4 Å². The average molecular weight is 443 g/mol. The number of sulfonamides is 1. The maximum absolute atomic E-state index is 12.8. The van der Waals surface area contributed by atoms with Gasteiger partial charge in [-0.2, -0.15) is 4.98 Å². The number of carbonyl (C=O) groups is 1. The van der Waals surface area contributed by atoms with Crippen molar-refractivity contribution in [3.05, 3.63) is 65.0 Å². The summed E-state index contributed by atoms with van der Waals surface area (Å²) in [4.78, 5) is 17.0. The number of aryl methyl sites for hydroxylation is 3. The summed E-state index contributed by atoms with van der Waals surface area (Å²) in [7, 11) is -3.69. The average Bonchev–Trinajstić information content (AvgIpc) is 3.14. The van der Waals surface area contributed by atoms with Crippen molar-refractivity contribution in [3.8, 4) is 11.4 Å². The molecule has 0 saturated heterocycles. The van der Waals surface area contributed by atoms with Crippen LogP contribution in [0.5, 0.6) is 0 Å². The fourth-order valence-electron chi connectivity index (χ4n) is 3.34. The highest BCUT2D eigenvalue weighted by Gasteiger charge is 2.29. The monoisotopic (exact) mass is 442 g/mol. The maximum atomic E-state index is 12.8. The summed E-state index contributed by atoms with van der Waals surface area (Å²) >= 11 is 0. The van der Waals surface area contributed by atoms with E-state index in [0.29, 0.717) is 11.5 Å². The molecule has 0 bridgehead atoms. The molecule has 0 fully saturated rings. The van der Waals surface area contributed by atoms with E-state index in [1.807, 2.05) is 51.1 Å². The Morgan fingerprint density at radius 2 is 1.68 bits per heavy atom. The molecule has 164 valence electrons. The third-order valence-corrected chi connectivity index (χ3v) is 5.98. The van der Waals surface area contributed by atoms with E-state index < -0.39 is 22.0 Å². The zero-order valence-corrected chi connectivity index (χ0v) is 19.0. The zero-order valence-electron chi connectivity index (χ0n) is 18.2. The minimum atomic E-state index is -3.69. The van der Waals surface area contributed by atoms with Crippen LogP contribution < -0.4 is 9.62 Å². The normalized spacial score (nSPS) is 12.4. The topological polar surface area (TPSA) is 105 Å². The Balaban J connectivity index is 1.73. The number of nitrogens with one attached hydrogen (secondary N) is 1. The molecule has 1 heterocycles. The van der Waals surface area contributed by atoms with Gasteiger partial charge in [0.15, 0.2) is 0 Å². The lowest BCUT2D eigenvalue weighted by atomic mass is 10.1. The molecule has 3 rings (SSSR count). The smallest absolute Gasteiger partial charge is 0.246 e. The van der Waals surface area contributed by atoms with Crippen LogP contribution in [0.1, 0.15) is 29.5 Å². The van der Waals surface area contributed by atoms with Gasteiger partial charge in [0.1, 0.15) is 6.04 Å². The van der Waals surface area contributed by atoms with Crippen molar-refractivity contribution in [2.75, 3.05) is 10.6 Å². The summed E-state index contributed by atoms with van der Waals surface area (Å²) in [5.74, 6) is 0.179. The van der Waals surface area contributed by atoms with Crippen molar-refractivity contribution in [1.82, 2.24) is 15.5 Å². The first-order valence-electron chi connectivity index (χ1n) is 9.79. The second-order valence-electron chi connectivity index (χ2n) is 7.68. The number of aromatic nitrogens is 2. The van der Waals surface area contributed by atoms with Gasteiger partial charge < -0.3 is 9.84 Å². The number of amides is 1. The summed E-state index contributed by atoms with van der Waals surface area (Å²) in [5, 5.41) is 6.62. The maximum Gasteiger partial charge on any atom is 0.246 e. The van der Waals surface area contributed by atoms with Crippen LogP contribution in [0.2, 0.25) is 0 Å². The number of hydrogen-bond acceptors (Lipinski definition) is 6. The minimum absolute atomic E-state index is 0.00746. The number of hydrogen-bond donors (Lipinski definition) is 1. The van der Waals surface area contributed by atoms with Gasteiger partial charge in [0.05, 0.1) is 18.5 Å². The molecule has 9 heteroatoms. The minimum Gasteiger partial charge on any atom is -0.345 e. The van der Waals surface area contributed by atoms with Gasteiger partial charge in [0.25, 0.3) is 0 Å². The Morgan fingerprint density at radius 3 is 2.26 bits per heavy atom. The highest BCUT2D eigenvalue weighted by molar-refractivity contribution is 7.92. The van der Waals surface area contributed by atoms with Crippen molar-refractivity contribution >= 4 is 21.6 Å². The van der Waals surface area contributed by atoms with E-state index in [9.17, 15) is 13.2 Å². The van der Waals surface area contributed by atoms with Crippen LogP contribution in [0.4, 0.5) is 5.69 Å². The van der Waals surface area contributed by atoms with Crippen LogP contribution in [-0.2, 0) is 21.4 Å². The molecule has 0 radical (unpaired) electrons. The van der Waals surface area contributed by atoms with E-state index in [0.717, 1.165) is 32.8 Å². The zero-order chi connectivity index (χ0) is 22.8. The quantitative estimate of drug-likeness (QED) is 0.603. The predicted octanol–water partition coefficient (Wildman–Crippen LogP) is 3.13. The predicted molar refractivity (Wildman–Crippen MR) is 119 cm³/mol. The SMILES string of the molecule is Cc1ccc(-c2noc(CNC(=O)[C@@H](C)N(c3cc(C)cc(C)c3)S(C)(=O)=O)n2)cc1. The molecule has 0 unspecified atom stereocenters. The lowest BCUT2D eigenvalue weighted by Gasteiger charge is -2.28. The molecule has 2 aromatic carbocycles. The van der Waals surface area contributed by atoms with Crippen molar-refractivity contribution in [1.29, 1.82) is 0 Å². The standard InChI is InChI=1S/C22H26N4O4S/c1-14-6-8-18(9-7-14)21-24-20(30-25-21)13-23-22(27)17(4)26(31(5,28)29)19-11-15(2)10-16(3)12-19/h6-12,17H,13H2,1-5H3,(H,23,27)/t17-/m1/s1. The Bertz CT molecular complexity index is 1170. The molecule has 0 spiro atoms. The van der Waals surface area contributed by atoms with Gasteiger partial charge in [-0.15, -0.1) is 0 Å². The summed E-state index contributed by atoms with van der Waals surface area (Å²) in [6.45, 7) is 7.28. The second-order valence-corrected chi connectivity index (χ2v) is 9.54. The lowest BCUT2D eigenvalue weighted by molar-refractivity contribution is -0.122. The van der Waals surface area contributed by atoms with Gasteiger partial charge >= 0.3 is 0 Å². The molecule has 0 saturated carbocycles. The van der Waals surface area contributed by atoms with Gasteiger partial charge in [-0.05, 0) is 51.0 Å². The van der Waals surface area contributed by atoms with Crippen molar-refractivity contribution < 1.29 is 17.7 Å². The number of rotatable bonds is 7. The fourth-order valence-corrected chi connectivity index (χ4v) is 4.50. The first-order chi connectivity index (χ1) is 14.5. The van der Waals surface area contributed by atoms with Crippen molar-refractivity contribution in [3.63, 3.8) is 0 Å². The first kappa shape index (κ1) is 22.5. The molecule has 3 aromatic rings. The molecule has 31 heavy (non-hydrogen) atoms. The summed E-state index contributed by atoms with van der Waals surface area (Å²) in [6, 6.07) is 12.1. The third kappa shape index (κ3) is 5.49. The van der Waals surface area contributed by atoms with Crippen LogP contribution in [0.15, 0.2) is 47.0 Å². The largest absolute Gasteiger partial charge is 0.345 e. The van der Waals surface area contributed by atoms with Gasteiger partial charge in [0, 0.05) is 5.56 Å². The van der Waals surface area contributed by atoms with E-state index >= 15 is 0 Å². The van der Waals surface area contributed by atoms with Crippen LogP contribution in [0.3, 0.4) is 0 Å². The van der Waals surface area contributed by atoms with Gasteiger partial charge in [0.2, 0.25) is 27.6 Å². The molecule has 1 aromatic heterocycles. The lowest BCUT2D eigenvalue weighted by Crippen LogP contribution is -2.47. The highest BCUT2D eigenvalue weighted by atomic mass is 32.2. The third-order valence-electron chi connectivity index (χ3n) is 4.74. The highest BCUT2D eigenvalue weighted by Crippen LogP contribution is 2.24. The molecule has 0 aliphatic heterocycles. The Morgan fingerprint density at radius 1 is 1.06 bits per heavy atom. The number of anilines is 1. The van der Waals surface area contributed by atoms with Crippen LogP contribution >= 0.6 is 0 Å². The Kier molecular flexibility index (Phi) is 6.45. The van der Waals surface area contributed by atoms with E-state index in [2.05, 4.69) is 15.5 Å². The molecule has 0 aliphatic rings. The number of nitrogens with zero attached hydrogens (tertiary/aromatic N) is 3. The Labute approximate surface area is 182 Å². The van der Waals surface area contributed by atoms with Crippen LogP contribution in [-0.4, -0.2) is 36.8 Å². The second kappa shape index (κ2) is 8.89. The van der Waals surface area contributed by atoms with Crippen molar-refractivity contribution in [2.24, 2.45) is 0 Å². The van der Waals surface area contributed by atoms with Crippen LogP contribution in [0, 0.1) is 20.8 Å². The Hall–Kier alpha value is -3.20. The van der Waals surface area contributed by atoms with E-state index in [-0.39, 0.29) is 12.4 Å². The van der Waals surface area contributed by atoms with Gasteiger partial charge in [-0.1, -0.05) is 41.1 Å². The molecular weight excluding hydrogens is 416 g/mol. The van der Waals surface area contributed by atoms with Gasteiger partial charge in [-0.25, -0.2) is 8.42 Å². The summed E-state index contributed by atoms with van der Waals surface area (Å²) < 4.78 is 31.3. The fraction of sp³-hybridized carbons (Fsp3) is 0.318.